The SMILES string of the molecule is CC1CCN(C(=O)[C@H]2CCNC2)CC1. The number of rotatable bonds is 1. The lowest BCUT2D eigenvalue weighted by molar-refractivity contribution is -0.136. The van der Waals surface area contributed by atoms with Crippen LogP contribution in [0.4, 0.5) is 0 Å². The van der Waals surface area contributed by atoms with Gasteiger partial charge in [0.15, 0.2) is 0 Å². The molecule has 2 rings (SSSR count). The first kappa shape index (κ1) is 9.97. The molecule has 2 saturated heterocycles. The van der Waals surface area contributed by atoms with Crippen LogP contribution in [-0.4, -0.2) is 37.0 Å². The number of nitrogens with zero attached hydrogens (tertiary/aromatic N) is 1. The highest BCUT2D eigenvalue weighted by molar-refractivity contribution is 5.79. The third kappa shape index (κ3) is 2.08. The van der Waals surface area contributed by atoms with Gasteiger partial charge in [-0.1, -0.05) is 6.92 Å². The molecule has 0 aliphatic carbocycles. The molecule has 80 valence electrons. The van der Waals surface area contributed by atoms with Crippen LogP contribution < -0.4 is 5.32 Å². The van der Waals surface area contributed by atoms with E-state index in [-0.39, 0.29) is 5.92 Å². The number of nitrogens with one attached hydrogen (secondary N) is 1. The average Bonchev–Trinajstić information content (AvgIpc) is 2.71. The molecular formula is C11H20N2O. The number of piperidine rings is 1. The highest BCUT2D eigenvalue weighted by Crippen LogP contribution is 2.19. The molecule has 0 unspecified atom stereocenters. The van der Waals surface area contributed by atoms with Gasteiger partial charge in [-0.25, -0.2) is 0 Å². The van der Waals surface area contributed by atoms with Crippen molar-refractivity contribution in [2.75, 3.05) is 26.2 Å². The summed E-state index contributed by atoms with van der Waals surface area (Å²) in [6.07, 6.45) is 3.41. The molecule has 1 amide bonds. The molecule has 2 aliphatic heterocycles. The van der Waals surface area contributed by atoms with Crippen LogP contribution in [0.1, 0.15) is 26.2 Å². The predicted molar refractivity (Wildman–Crippen MR) is 56.0 cm³/mol. The summed E-state index contributed by atoms with van der Waals surface area (Å²) in [4.78, 5) is 14.1. The zero-order valence-electron chi connectivity index (χ0n) is 8.96. The van der Waals surface area contributed by atoms with E-state index in [1.165, 1.54) is 12.8 Å². The molecule has 0 aromatic heterocycles. The quantitative estimate of drug-likeness (QED) is 0.674. The van der Waals surface area contributed by atoms with E-state index in [1.807, 2.05) is 0 Å². The van der Waals surface area contributed by atoms with Crippen LogP contribution in [-0.2, 0) is 4.79 Å². The van der Waals surface area contributed by atoms with Crippen molar-refractivity contribution in [2.24, 2.45) is 11.8 Å². The highest BCUT2D eigenvalue weighted by atomic mass is 16.2. The fourth-order valence-electron chi connectivity index (χ4n) is 2.35. The van der Waals surface area contributed by atoms with Crippen molar-refractivity contribution in [3.63, 3.8) is 0 Å². The second-order valence-corrected chi connectivity index (χ2v) is 4.70. The molecule has 2 fully saturated rings. The monoisotopic (exact) mass is 196 g/mol. The van der Waals surface area contributed by atoms with Gasteiger partial charge in [-0.3, -0.25) is 4.79 Å². The van der Waals surface area contributed by atoms with Crippen LogP contribution in [0.25, 0.3) is 0 Å². The first-order valence-electron chi connectivity index (χ1n) is 5.77. The third-order valence-corrected chi connectivity index (χ3v) is 3.50. The molecule has 0 saturated carbocycles. The van der Waals surface area contributed by atoms with Crippen LogP contribution in [0.2, 0.25) is 0 Å². The third-order valence-electron chi connectivity index (χ3n) is 3.50. The molecule has 0 aromatic carbocycles. The van der Waals surface area contributed by atoms with Crippen LogP contribution in [0.5, 0.6) is 0 Å². The minimum atomic E-state index is 0.267. The highest BCUT2D eigenvalue weighted by Gasteiger charge is 2.28. The lowest BCUT2D eigenvalue weighted by Crippen LogP contribution is -2.41. The molecule has 2 aliphatic rings. The summed E-state index contributed by atoms with van der Waals surface area (Å²) in [6.45, 7) is 6.15. The Morgan fingerprint density at radius 3 is 2.57 bits per heavy atom. The summed E-state index contributed by atoms with van der Waals surface area (Å²) in [7, 11) is 0. The lowest BCUT2D eigenvalue weighted by atomic mass is 9.97. The van der Waals surface area contributed by atoms with Gasteiger partial charge >= 0.3 is 0 Å². The Labute approximate surface area is 85.8 Å². The summed E-state index contributed by atoms with van der Waals surface area (Å²) in [5, 5.41) is 3.25. The second kappa shape index (κ2) is 4.30. The molecular weight excluding hydrogens is 176 g/mol. The maximum atomic E-state index is 12.0. The Bertz CT molecular complexity index is 203. The minimum absolute atomic E-state index is 0.267. The van der Waals surface area contributed by atoms with Crippen molar-refractivity contribution in [1.29, 1.82) is 0 Å². The van der Waals surface area contributed by atoms with E-state index in [0.717, 1.165) is 38.5 Å². The number of hydrogen-bond acceptors (Lipinski definition) is 2. The van der Waals surface area contributed by atoms with Gasteiger partial charge in [-0.15, -0.1) is 0 Å². The molecule has 0 spiro atoms. The molecule has 0 radical (unpaired) electrons. The maximum absolute atomic E-state index is 12.0. The maximum Gasteiger partial charge on any atom is 0.227 e. The molecule has 0 bridgehead atoms. The number of likely N-dealkylation sites (tertiary alicyclic amines) is 1. The molecule has 1 N–H and O–H groups in total. The number of amides is 1. The zero-order chi connectivity index (χ0) is 9.97. The molecule has 3 heteroatoms. The van der Waals surface area contributed by atoms with Gasteiger partial charge in [-0.05, 0) is 31.7 Å². The Hall–Kier alpha value is -0.570. The molecule has 14 heavy (non-hydrogen) atoms. The van der Waals surface area contributed by atoms with Crippen LogP contribution in [0, 0.1) is 11.8 Å². The van der Waals surface area contributed by atoms with Gasteiger partial charge in [0.05, 0.1) is 5.92 Å². The standard InChI is InChI=1S/C11H20N2O/c1-9-3-6-13(7-4-9)11(14)10-2-5-12-8-10/h9-10,12H,2-8H2,1H3/t10-/m0/s1. The van der Waals surface area contributed by atoms with Crippen LogP contribution >= 0.6 is 0 Å². The first-order valence-corrected chi connectivity index (χ1v) is 5.77. The number of carbonyl (C=O) groups is 1. The Balaban J connectivity index is 1.85. The smallest absolute Gasteiger partial charge is 0.227 e. The van der Waals surface area contributed by atoms with Gasteiger partial charge in [0.2, 0.25) is 5.91 Å². The Morgan fingerprint density at radius 2 is 2.00 bits per heavy atom. The second-order valence-electron chi connectivity index (χ2n) is 4.70. The van der Waals surface area contributed by atoms with Crippen molar-refractivity contribution in [1.82, 2.24) is 10.2 Å². The van der Waals surface area contributed by atoms with Gasteiger partial charge in [0.1, 0.15) is 0 Å². The van der Waals surface area contributed by atoms with E-state index in [1.54, 1.807) is 0 Å². The van der Waals surface area contributed by atoms with Crippen molar-refractivity contribution >= 4 is 5.91 Å². The van der Waals surface area contributed by atoms with E-state index in [4.69, 9.17) is 0 Å². The van der Waals surface area contributed by atoms with E-state index in [9.17, 15) is 4.79 Å². The van der Waals surface area contributed by atoms with E-state index >= 15 is 0 Å². The Kier molecular flexibility index (Phi) is 3.06. The Morgan fingerprint density at radius 1 is 1.29 bits per heavy atom. The lowest BCUT2D eigenvalue weighted by Gasteiger charge is -2.32. The van der Waals surface area contributed by atoms with Crippen molar-refractivity contribution < 1.29 is 4.79 Å². The summed E-state index contributed by atoms with van der Waals surface area (Å²) >= 11 is 0. The van der Waals surface area contributed by atoms with Crippen LogP contribution in [0.15, 0.2) is 0 Å². The van der Waals surface area contributed by atoms with Gasteiger partial charge < -0.3 is 10.2 Å². The normalized spacial score (nSPS) is 29.5. The predicted octanol–water partition coefficient (Wildman–Crippen LogP) is 0.854. The summed E-state index contributed by atoms with van der Waals surface area (Å²) < 4.78 is 0. The average molecular weight is 196 g/mol. The van der Waals surface area contributed by atoms with Gasteiger partial charge in [0, 0.05) is 19.6 Å². The fourth-order valence-corrected chi connectivity index (χ4v) is 2.35. The summed E-state index contributed by atoms with van der Waals surface area (Å²) in [6, 6.07) is 0. The van der Waals surface area contributed by atoms with Gasteiger partial charge in [0.25, 0.3) is 0 Å². The number of hydrogen-bond donors (Lipinski definition) is 1. The first-order chi connectivity index (χ1) is 6.77. The molecule has 1 atom stereocenters. The zero-order valence-corrected chi connectivity index (χ0v) is 8.96. The summed E-state index contributed by atoms with van der Waals surface area (Å²) in [5.41, 5.74) is 0. The van der Waals surface area contributed by atoms with E-state index < -0.39 is 0 Å². The van der Waals surface area contributed by atoms with Crippen LogP contribution in [0.3, 0.4) is 0 Å². The number of carbonyl (C=O) groups excluding carboxylic acids is 1. The minimum Gasteiger partial charge on any atom is -0.342 e. The molecule has 2 heterocycles. The topological polar surface area (TPSA) is 32.3 Å². The largest absolute Gasteiger partial charge is 0.342 e. The molecule has 0 aromatic rings. The fraction of sp³-hybridized carbons (Fsp3) is 0.909. The van der Waals surface area contributed by atoms with Crippen molar-refractivity contribution in [3.05, 3.63) is 0 Å². The summed E-state index contributed by atoms with van der Waals surface area (Å²) in [5.74, 6) is 1.46. The van der Waals surface area contributed by atoms with Gasteiger partial charge in [-0.2, -0.15) is 0 Å². The van der Waals surface area contributed by atoms with E-state index in [0.29, 0.717) is 5.91 Å². The van der Waals surface area contributed by atoms with E-state index in [2.05, 4.69) is 17.1 Å². The van der Waals surface area contributed by atoms with Crippen molar-refractivity contribution in [2.45, 2.75) is 26.2 Å². The molecule has 3 nitrogen and oxygen atoms in total. The van der Waals surface area contributed by atoms with Crippen molar-refractivity contribution in [3.8, 4) is 0 Å².